The maximum atomic E-state index is 13.6. The van der Waals surface area contributed by atoms with E-state index in [9.17, 15) is 9.59 Å². The van der Waals surface area contributed by atoms with Crippen molar-refractivity contribution in [2.75, 3.05) is 28.8 Å². The number of pyridine rings is 1. The summed E-state index contributed by atoms with van der Waals surface area (Å²) in [5.41, 5.74) is 4.15. The lowest BCUT2D eigenvalue weighted by atomic mass is 10.1. The topological polar surface area (TPSA) is 90.6 Å². The van der Waals surface area contributed by atoms with Gasteiger partial charge in [0.2, 0.25) is 0 Å². The Bertz CT molecular complexity index is 1420. The number of carbonyl (C=O) groups is 2. The predicted molar refractivity (Wildman–Crippen MR) is 136 cm³/mol. The second-order valence-electron chi connectivity index (χ2n) is 7.87. The molecule has 34 heavy (non-hydrogen) atoms. The van der Waals surface area contributed by atoms with Crippen LogP contribution in [0.2, 0.25) is 0 Å². The second kappa shape index (κ2) is 8.83. The molecule has 8 nitrogen and oxygen atoms in total. The average Bonchev–Trinajstić information content (AvgIpc) is 3.32. The number of aromatic amines is 1. The monoisotopic (exact) mass is 519 g/mol. The molecule has 4 aromatic rings. The number of nitrogens with one attached hydrogen (secondary N) is 2. The summed E-state index contributed by atoms with van der Waals surface area (Å²) >= 11 is 3.41. The second-order valence-corrected chi connectivity index (χ2v) is 8.78. The van der Waals surface area contributed by atoms with Crippen LogP contribution in [0.3, 0.4) is 0 Å². The fraction of sp³-hybridized carbons (Fsp3) is 0.160. The number of hydrogen-bond donors (Lipinski definition) is 2. The van der Waals surface area contributed by atoms with Gasteiger partial charge < -0.3 is 15.0 Å². The van der Waals surface area contributed by atoms with E-state index in [4.69, 9.17) is 4.74 Å². The Hall–Kier alpha value is -3.85. The minimum Gasteiger partial charge on any atom is -0.497 e. The minimum absolute atomic E-state index is 0.171. The lowest BCUT2D eigenvalue weighted by Gasteiger charge is -2.37. The molecule has 1 aliphatic heterocycles. The van der Waals surface area contributed by atoms with Crippen molar-refractivity contribution in [1.29, 1.82) is 0 Å². The highest BCUT2D eigenvalue weighted by atomic mass is 79.9. The number of anilines is 3. The fourth-order valence-corrected chi connectivity index (χ4v) is 4.60. The van der Waals surface area contributed by atoms with Crippen molar-refractivity contribution in [1.82, 2.24) is 9.97 Å². The maximum Gasteiger partial charge on any atom is 0.329 e. The van der Waals surface area contributed by atoms with Crippen LogP contribution in [0.15, 0.2) is 65.4 Å². The van der Waals surface area contributed by atoms with E-state index in [2.05, 4.69) is 31.2 Å². The fourth-order valence-electron chi connectivity index (χ4n) is 4.20. The van der Waals surface area contributed by atoms with Crippen molar-refractivity contribution in [3.63, 3.8) is 0 Å². The van der Waals surface area contributed by atoms with Crippen LogP contribution in [0.4, 0.5) is 21.9 Å². The zero-order valence-corrected chi connectivity index (χ0v) is 20.2. The first-order valence-corrected chi connectivity index (χ1v) is 11.6. The summed E-state index contributed by atoms with van der Waals surface area (Å²) in [6.07, 6.45) is 3.61. The van der Waals surface area contributed by atoms with Gasteiger partial charge in [-0.1, -0.05) is 22.0 Å². The van der Waals surface area contributed by atoms with E-state index in [1.54, 1.807) is 34.2 Å². The van der Waals surface area contributed by atoms with Crippen LogP contribution in [-0.4, -0.2) is 35.6 Å². The van der Waals surface area contributed by atoms with Gasteiger partial charge in [0.25, 0.3) is 5.91 Å². The van der Waals surface area contributed by atoms with Crippen molar-refractivity contribution in [2.24, 2.45) is 0 Å². The summed E-state index contributed by atoms with van der Waals surface area (Å²) in [6, 6.07) is 14.2. The Kier molecular flexibility index (Phi) is 5.70. The molecule has 3 heterocycles. The molecule has 0 radical (unpaired) electrons. The number of benzene rings is 2. The Morgan fingerprint density at radius 1 is 1.24 bits per heavy atom. The first-order valence-electron chi connectivity index (χ1n) is 10.8. The first-order chi connectivity index (χ1) is 16.5. The maximum absolute atomic E-state index is 13.6. The number of ether oxygens (including phenoxy) is 1. The Morgan fingerprint density at radius 2 is 2.09 bits per heavy atom. The number of rotatable bonds is 5. The van der Waals surface area contributed by atoms with Gasteiger partial charge in [0, 0.05) is 51.7 Å². The quantitative estimate of drug-likeness (QED) is 0.361. The molecule has 5 rings (SSSR count). The summed E-state index contributed by atoms with van der Waals surface area (Å²) in [6.45, 7) is 2.76. The van der Waals surface area contributed by atoms with Crippen LogP contribution in [0.5, 0.6) is 5.75 Å². The number of urea groups is 1. The molecule has 0 fully saturated rings. The lowest BCUT2D eigenvalue weighted by Crippen LogP contribution is -2.47. The van der Waals surface area contributed by atoms with Gasteiger partial charge in [-0.3, -0.25) is 14.6 Å². The van der Waals surface area contributed by atoms with Gasteiger partial charge in [0.15, 0.2) is 0 Å². The first kappa shape index (κ1) is 22.0. The average molecular weight is 520 g/mol. The van der Waals surface area contributed by atoms with Crippen LogP contribution >= 0.6 is 15.9 Å². The number of aromatic nitrogens is 2. The molecule has 2 aromatic carbocycles. The third kappa shape index (κ3) is 3.88. The molecule has 0 spiro atoms. The van der Waals surface area contributed by atoms with E-state index < -0.39 is 0 Å². The highest BCUT2D eigenvalue weighted by Crippen LogP contribution is 2.37. The number of hydrogen-bond acceptors (Lipinski definition) is 4. The summed E-state index contributed by atoms with van der Waals surface area (Å²) in [5.74, 6) is 0.184. The largest absolute Gasteiger partial charge is 0.497 e. The van der Waals surface area contributed by atoms with Crippen LogP contribution in [0.25, 0.3) is 11.0 Å². The standard InChI is InChI=1S/C25H22BrN5O3/c1-3-30-22-16(13-28-23-21(22)7-8-27-23)14-31(25(30)33)19-9-15(10-20(12-19)34-2)24(32)29-18-6-4-5-17(26)11-18/h4-13H,3,14H2,1-2H3,(H,27,28)(H,29,32). The minimum atomic E-state index is -0.300. The number of nitrogens with zero attached hydrogens (tertiary/aromatic N) is 3. The van der Waals surface area contributed by atoms with Gasteiger partial charge in [0.05, 0.1) is 25.0 Å². The summed E-state index contributed by atoms with van der Waals surface area (Å²) in [5, 5.41) is 3.80. The number of methoxy groups -OCH3 is 1. The zero-order valence-electron chi connectivity index (χ0n) is 18.6. The molecule has 2 aromatic heterocycles. The number of fused-ring (bicyclic) bond motifs is 3. The number of halogens is 1. The van der Waals surface area contributed by atoms with E-state index in [1.807, 2.05) is 43.5 Å². The van der Waals surface area contributed by atoms with Crippen molar-refractivity contribution >= 4 is 56.0 Å². The van der Waals surface area contributed by atoms with Crippen LogP contribution in [0, 0.1) is 0 Å². The van der Waals surface area contributed by atoms with E-state index in [0.29, 0.717) is 35.8 Å². The smallest absolute Gasteiger partial charge is 0.329 e. The van der Waals surface area contributed by atoms with Crippen LogP contribution < -0.4 is 19.9 Å². The Balaban J connectivity index is 1.53. The van der Waals surface area contributed by atoms with Crippen molar-refractivity contribution < 1.29 is 14.3 Å². The number of carbonyl (C=O) groups excluding carboxylic acids is 2. The third-order valence-corrected chi connectivity index (χ3v) is 6.29. The molecule has 0 bridgehead atoms. The third-order valence-electron chi connectivity index (χ3n) is 5.79. The molecular weight excluding hydrogens is 498 g/mol. The van der Waals surface area contributed by atoms with E-state index in [0.717, 1.165) is 26.8 Å². The summed E-state index contributed by atoms with van der Waals surface area (Å²) < 4.78 is 6.32. The van der Waals surface area contributed by atoms with Gasteiger partial charge in [-0.05, 0) is 43.3 Å². The molecule has 3 amide bonds. The van der Waals surface area contributed by atoms with Crippen molar-refractivity contribution in [3.05, 3.63) is 76.5 Å². The SMILES string of the molecule is CCN1C(=O)N(c2cc(OC)cc(C(=O)Nc3cccc(Br)c3)c2)Cc2cnc3[nH]ccc3c21. The molecule has 172 valence electrons. The van der Waals surface area contributed by atoms with Crippen LogP contribution in [0.1, 0.15) is 22.8 Å². The van der Waals surface area contributed by atoms with Crippen molar-refractivity contribution in [3.8, 4) is 5.75 Å². The van der Waals surface area contributed by atoms with E-state index in [1.165, 1.54) is 7.11 Å². The van der Waals surface area contributed by atoms with Gasteiger partial charge in [-0.15, -0.1) is 0 Å². The molecule has 2 N–H and O–H groups in total. The molecule has 1 aliphatic rings. The molecule has 0 saturated heterocycles. The van der Waals surface area contributed by atoms with Gasteiger partial charge in [0.1, 0.15) is 11.4 Å². The predicted octanol–water partition coefficient (Wildman–Crippen LogP) is 5.55. The molecular formula is C25H22BrN5O3. The van der Waals surface area contributed by atoms with Crippen molar-refractivity contribution in [2.45, 2.75) is 13.5 Å². The Labute approximate surface area is 204 Å². The van der Waals surface area contributed by atoms with Crippen LogP contribution in [-0.2, 0) is 6.54 Å². The van der Waals surface area contributed by atoms with Gasteiger partial charge in [-0.25, -0.2) is 9.78 Å². The number of amides is 3. The molecule has 0 aliphatic carbocycles. The zero-order chi connectivity index (χ0) is 23.8. The lowest BCUT2D eigenvalue weighted by molar-refractivity contribution is 0.102. The summed E-state index contributed by atoms with van der Waals surface area (Å²) in [4.78, 5) is 37.6. The van der Waals surface area contributed by atoms with Gasteiger partial charge in [-0.2, -0.15) is 0 Å². The molecule has 0 atom stereocenters. The van der Waals surface area contributed by atoms with Gasteiger partial charge >= 0.3 is 6.03 Å². The molecule has 9 heteroatoms. The van der Waals surface area contributed by atoms with E-state index >= 15 is 0 Å². The Morgan fingerprint density at radius 3 is 2.85 bits per heavy atom. The highest BCUT2D eigenvalue weighted by molar-refractivity contribution is 9.10. The highest BCUT2D eigenvalue weighted by Gasteiger charge is 2.33. The molecule has 0 unspecified atom stereocenters. The summed E-state index contributed by atoms with van der Waals surface area (Å²) in [7, 11) is 1.54. The van der Waals surface area contributed by atoms with E-state index in [-0.39, 0.29) is 11.9 Å². The number of H-pyrrole nitrogens is 1. The normalized spacial score (nSPS) is 13.2. The molecule has 0 saturated carbocycles.